The van der Waals surface area contributed by atoms with Crippen LogP contribution in [-0.2, 0) is 4.79 Å². The third-order valence-electron chi connectivity index (χ3n) is 3.08. The fraction of sp³-hybridized carbons (Fsp3) is 0.889. The van der Waals surface area contributed by atoms with E-state index in [1.165, 1.54) is 25.7 Å². The summed E-state index contributed by atoms with van der Waals surface area (Å²) >= 11 is 0. The molecule has 0 heterocycles. The molecular formula is C9H17ClN2O. The van der Waals surface area contributed by atoms with Gasteiger partial charge in [-0.3, -0.25) is 4.79 Å². The number of halogens is 1. The van der Waals surface area contributed by atoms with Gasteiger partial charge in [-0.05, 0) is 43.4 Å². The Bertz CT molecular complexity index is 190. The molecule has 4 N–H and O–H groups in total. The first-order valence-electron chi connectivity index (χ1n) is 4.75. The second-order valence-corrected chi connectivity index (χ2v) is 4.18. The number of hydrogen-bond donors (Lipinski definition) is 2. The molecule has 2 rings (SSSR count). The highest BCUT2D eigenvalue weighted by atomic mass is 35.5. The maximum atomic E-state index is 10.9. The van der Waals surface area contributed by atoms with E-state index in [4.69, 9.17) is 11.5 Å². The van der Waals surface area contributed by atoms with Crippen LogP contribution in [0.5, 0.6) is 0 Å². The average molecular weight is 205 g/mol. The summed E-state index contributed by atoms with van der Waals surface area (Å²) in [5, 5.41) is 0. The van der Waals surface area contributed by atoms with Gasteiger partial charge in [-0.25, -0.2) is 0 Å². The summed E-state index contributed by atoms with van der Waals surface area (Å²) in [7, 11) is 0. The van der Waals surface area contributed by atoms with Gasteiger partial charge >= 0.3 is 0 Å². The van der Waals surface area contributed by atoms with E-state index in [9.17, 15) is 4.79 Å². The van der Waals surface area contributed by atoms with Crippen molar-refractivity contribution in [3.63, 3.8) is 0 Å². The highest BCUT2D eigenvalue weighted by Crippen LogP contribution is 2.50. The molecule has 3 nitrogen and oxygen atoms in total. The largest absolute Gasteiger partial charge is 0.368 e. The van der Waals surface area contributed by atoms with Gasteiger partial charge in [-0.1, -0.05) is 0 Å². The van der Waals surface area contributed by atoms with Crippen molar-refractivity contribution in [1.82, 2.24) is 0 Å². The fourth-order valence-electron chi connectivity index (χ4n) is 2.12. The standard InChI is InChI=1S/C9H16N2O.ClH/c10-8(9(11)12)7(5-1-2-5)6-3-4-6;/h5-8H,1-4,10H2,(H2,11,12);1H/t8-;/m0./s1. The average Bonchev–Trinajstić information content (AvgIpc) is 2.81. The number of amides is 1. The molecule has 0 aromatic rings. The number of hydrogen-bond acceptors (Lipinski definition) is 2. The van der Waals surface area contributed by atoms with Crippen molar-refractivity contribution in [3.8, 4) is 0 Å². The van der Waals surface area contributed by atoms with Crippen LogP contribution in [0, 0.1) is 17.8 Å². The molecule has 0 radical (unpaired) electrons. The Balaban J connectivity index is 0.000000845. The lowest BCUT2D eigenvalue weighted by molar-refractivity contribution is -0.120. The van der Waals surface area contributed by atoms with Gasteiger partial charge in [-0.15, -0.1) is 12.4 Å². The molecule has 0 unspecified atom stereocenters. The van der Waals surface area contributed by atoms with E-state index in [1.54, 1.807) is 0 Å². The molecular weight excluding hydrogens is 188 g/mol. The van der Waals surface area contributed by atoms with Gasteiger partial charge < -0.3 is 11.5 Å². The van der Waals surface area contributed by atoms with Crippen molar-refractivity contribution in [3.05, 3.63) is 0 Å². The quantitative estimate of drug-likeness (QED) is 0.707. The van der Waals surface area contributed by atoms with E-state index in [2.05, 4.69) is 0 Å². The molecule has 76 valence electrons. The topological polar surface area (TPSA) is 69.1 Å². The van der Waals surface area contributed by atoms with E-state index in [0.717, 1.165) is 0 Å². The number of carbonyl (C=O) groups is 1. The molecule has 0 aromatic heterocycles. The Morgan fingerprint density at radius 2 is 1.54 bits per heavy atom. The second-order valence-electron chi connectivity index (χ2n) is 4.18. The predicted molar refractivity (Wildman–Crippen MR) is 53.4 cm³/mol. The first-order chi connectivity index (χ1) is 5.70. The Kier molecular flexibility index (Phi) is 3.19. The van der Waals surface area contributed by atoms with Crippen LogP contribution in [-0.4, -0.2) is 11.9 Å². The summed E-state index contributed by atoms with van der Waals surface area (Å²) in [5.74, 6) is 1.50. The van der Waals surface area contributed by atoms with Gasteiger partial charge in [0.15, 0.2) is 0 Å². The highest BCUT2D eigenvalue weighted by molar-refractivity contribution is 5.85. The van der Waals surface area contributed by atoms with Crippen LogP contribution < -0.4 is 11.5 Å². The van der Waals surface area contributed by atoms with Gasteiger partial charge in [0, 0.05) is 0 Å². The van der Waals surface area contributed by atoms with Crippen LogP contribution in [0.2, 0.25) is 0 Å². The van der Waals surface area contributed by atoms with E-state index >= 15 is 0 Å². The third kappa shape index (κ3) is 2.35. The molecule has 2 aliphatic carbocycles. The lowest BCUT2D eigenvalue weighted by Crippen LogP contribution is -2.44. The van der Waals surface area contributed by atoms with E-state index in [1.807, 2.05) is 0 Å². The van der Waals surface area contributed by atoms with E-state index in [0.29, 0.717) is 17.8 Å². The smallest absolute Gasteiger partial charge is 0.234 e. The van der Waals surface area contributed by atoms with Crippen molar-refractivity contribution in [2.45, 2.75) is 31.7 Å². The second kappa shape index (κ2) is 3.84. The van der Waals surface area contributed by atoms with Crippen molar-refractivity contribution in [2.24, 2.45) is 29.2 Å². The van der Waals surface area contributed by atoms with Crippen molar-refractivity contribution < 1.29 is 4.79 Å². The van der Waals surface area contributed by atoms with Gasteiger partial charge in [0.2, 0.25) is 5.91 Å². The Hall–Kier alpha value is -0.280. The van der Waals surface area contributed by atoms with E-state index in [-0.39, 0.29) is 24.4 Å². The van der Waals surface area contributed by atoms with Crippen molar-refractivity contribution in [1.29, 1.82) is 0 Å². The first-order valence-corrected chi connectivity index (χ1v) is 4.75. The monoisotopic (exact) mass is 204 g/mol. The minimum Gasteiger partial charge on any atom is -0.368 e. The van der Waals surface area contributed by atoms with Crippen LogP contribution in [0.25, 0.3) is 0 Å². The molecule has 13 heavy (non-hydrogen) atoms. The highest BCUT2D eigenvalue weighted by Gasteiger charge is 2.45. The zero-order valence-corrected chi connectivity index (χ0v) is 8.43. The van der Waals surface area contributed by atoms with Gasteiger partial charge in [0.05, 0.1) is 6.04 Å². The molecule has 2 saturated carbocycles. The summed E-state index contributed by atoms with van der Waals surface area (Å²) in [6.45, 7) is 0. The minimum absolute atomic E-state index is 0. The van der Waals surface area contributed by atoms with E-state index < -0.39 is 0 Å². The molecule has 1 atom stereocenters. The minimum atomic E-state index is -0.384. The third-order valence-corrected chi connectivity index (χ3v) is 3.08. The SMILES string of the molecule is Cl.NC(=O)[C@@H](N)C(C1CC1)C1CC1. The van der Waals surface area contributed by atoms with Gasteiger partial charge in [0.1, 0.15) is 0 Å². The molecule has 4 heteroatoms. The Morgan fingerprint density at radius 1 is 1.15 bits per heavy atom. The molecule has 0 aromatic carbocycles. The molecule has 0 bridgehead atoms. The molecule has 2 fully saturated rings. The number of carbonyl (C=O) groups excluding carboxylic acids is 1. The summed E-state index contributed by atoms with van der Waals surface area (Å²) in [6, 6.07) is -0.384. The Labute approximate surface area is 84.6 Å². The predicted octanol–water partition coefficient (Wildman–Crippen LogP) is 0.657. The molecule has 1 amide bonds. The lowest BCUT2D eigenvalue weighted by atomic mass is 9.90. The number of nitrogens with two attached hydrogens (primary N) is 2. The maximum Gasteiger partial charge on any atom is 0.234 e. The van der Waals surface area contributed by atoms with Crippen LogP contribution >= 0.6 is 12.4 Å². The van der Waals surface area contributed by atoms with Gasteiger partial charge in [-0.2, -0.15) is 0 Å². The normalized spacial score (nSPS) is 23.8. The Morgan fingerprint density at radius 3 is 1.77 bits per heavy atom. The molecule has 2 aliphatic rings. The maximum absolute atomic E-state index is 10.9. The van der Waals surface area contributed by atoms with Crippen LogP contribution in [0.3, 0.4) is 0 Å². The number of primary amides is 1. The fourth-order valence-corrected chi connectivity index (χ4v) is 2.12. The number of rotatable bonds is 4. The van der Waals surface area contributed by atoms with Crippen molar-refractivity contribution >= 4 is 18.3 Å². The summed E-state index contributed by atoms with van der Waals surface area (Å²) in [6.07, 6.45) is 5.01. The lowest BCUT2D eigenvalue weighted by Gasteiger charge is -2.20. The first kappa shape index (κ1) is 10.8. The molecule has 0 aliphatic heterocycles. The van der Waals surface area contributed by atoms with Crippen LogP contribution in [0.15, 0.2) is 0 Å². The van der Waals surface area contributed by atoms with Crippen LogP contribution in [0.1, 0.15) is 25.7 Å². The summed E-state index contributed by atoms with van der Waals surface area (Å²) < 4.78 is 0. The zero-order valence-electron chi connectivity index (χ0n) is 7.61. The summed E-state index contributed by atoms with van der Waals surface area (Å²) in [4.78, 5) is 10.9. The van der Waals surface area contributed by atoms with Gasteiger partial charge in [0.25, 0.3) is 0 Å². The molecule has 0 spiro atoms. The molecule has 0 saturated heterocycles. The van der Waals surface area contributed by atoms with Crippen LogP contribution in [0.4, 0.5) is 0 Å². The zero-order chi connectivity index (χ0) is 8.72. The summed E-state index contributed by atoms with van der Waals surface area (Å²) in [5.41, 5.74) is 11.0. The van der Waals surface area contributed by atoms with Crippen molar-refractivity contribution in [2.75, 3.05) is 0 Å².